The summed E-state index contributed by atoms with van der Waals surface area (Å²) < 4.78 is 11.2. The van der Waals surface area contributed by atoms with Crippen LogP contribution in [0.3, 0.4) is 0 Å². The van der Waals surface area contributed by atoms with Crippen LogP contribution in [0.1, 0.15) is 95.6 Å². The zero-order valence-electron chi connectivity index (χ0n) is 27.1. The first-order valence-corrected chi connectivity index (χ1v) is 15.2. The van der Waals surface area contributed by atoms with E-state index in [4.69, 9.17) is 9.47 Å². The number of halogens is 2. The molecule has 1 aromatic rings. The van der Waals surface area contributed by atoms with Crippen molar-refractivity contribution in [2.24, 2.45) is 0 Å². The number of ether oxygens (including phenoxy) is 2. The maximum atomic E-state index is 13.0. The van der Waals surface area contributed by atoms with E-state index in [0.29, 0.717) is 5.56 Å². The third-order valence-electron chi connectivity index (χ3n) is 6.72. The lowest BCUT2D eigenvalue weighted by atomic mass is 10.0. The molecule has 0 aromatic heterocycles. The normalized spacial score (nSPS) is 12.1. The Balaban J connectivity index is 0. The molecule has 0 aliphatic rings. The summed E-state index contributed by atoms with van der Waals surface area (Å²) in [5.41, 5.74) is 0.322. The first-order chi connectivity index (χ1) is 20.0. The number of likely N-dealkylation sites (N-methyl/N-ethyl adjacent to an activating group) is 2. The molecule has 11 nitrogen and oxygen atoms in total. The van der Waals surface area contributed by atoms with Crippen LogP contribution in [0.2, 0.25) is 0 Å². The predicted molar refractivity (Wildman–Crippen MR) is 178 cm³/mol. The first kappa shape index (κ1) is 43.7. The van der Waals surface area contributed by atoms with Gasteiger partial charge in [-0.1, -0.05) is 71.1 Å². The summed E-state index contributed by atoms with van der Waals surface area (Å²) in [6.45, 7) is 2.03. The van der Waals surface area contributed by atoms with E-state index in [1.807, 2.05) is 0 Å². The van der Waals surface area contributed by atoms with Gasteiger partial charge in [0.25, 0.3) is 5.69 Å². The Kier molecular flexibility index (Phi) is 25.6. The van der Waals surface area contributed by atoms with Gasteiger partial charge in [0.15, 0.2) is 6.10 Å². The number of nitrogens with one attached hydrogen (secondary N) is 1. The molecule has 1 amide bonds. The van der Waals surface area contributed by atoms with E-state index in [1.54, 1.807) is 38.0 Å². The van der Waals surface area contributed by atoms with Gasteiger partial charge in [-0.3, -0.25) is 34.3 Å². The number of non-ortho nitro benzene ring substituents is 1. The zero-order valence-corrected chi connectivity index (χ0v) is 28.7. The standard InChI is InChI=1S/C31H52N4O7.2ClH/c1-6-7-8-9-10-11-12-13-14-15-16-17-28(36)32-27(24-41-29(37)22-33(2)3)31(42-30(38)23-34(4)5)25-18-20-26(21-19-25)35(39)40;;/h18-21,27,31H,6-17,22-24H2,1-5H3,(H,32,36);2*1H. The van der Waals surface area contributed by atoms with Crippen molar-refractivity contribution < 1.29 is 28.8 Å². The SMILES string of the molecule is CCCCCCCCCCCCCC(=O)NC(COC(=O)CN(C)C)C(OC(=O)CN(C)C)c1ccc([N+](=O)[O-])cc1.Cl.Cl. The minimum Gasteiger partial charge on any atom is -0.462 e. The number of nitro benzene ring substituents is 1. The van der Waals surface area contributed by atoms with Crippen LogP contribution in [-0.2, 0) is 23.9 Å². The number of carbonyl (C=O) groups excluding carboxylic acids is 3. The van der Waals surface area contributed by atoms with E-state index < -0.39 is 29.0 Å². The average Bonchev–Trinajstić information content (AvgIpc) is 2.92. The topological polar surface area (TPSA) is 131 Å². The van der Waals surface area contributed by atoms with Crippen molar-refractivity contribution >= 4 is 48.3 Å². The smallest absolute Gasteiger partial charge is 0.320 e. The van der Waals surface area contributed by atoms with Crippen LogP contribution in [0.4, 0.5) is 5.69 Å². The lowest BCUT2D eigenvalue weighted by Gasteiger charge is -2.29. The third kappa shape index (κ3) is 20.5. The minimum atomic E-state index is -1.02. The Labute approximate surface area is 275 Å². The Hall–Kier alpha value is -2.47. The number of esters is 2. The van der Waals surface area contributed by atoms with Crippen molar-refractivity contribution in [3.8, 4) is 0 Å². The lowest BCUT2D eigenvalue weighted by molar-refractivity contribution is -0.384. The van der Waals surface area contributed by atoms with E-state index in [0.717, 1.165) is 25.7 Å². The van der Waals surface area contributed by atoms with Crippen LogP contribution < -0.4 is 5.32 Å². The molecular weight excluding hydrogens is 611 g/mol. The summed E-state index contributed by atoms with van der Waals surface area (Å²) in [4.78, 5) is 51.9. The van der Waals surface area contributed by atoms with Gasteiger partial charge in [-0.15, -0.1) is 24.8 Å². The molecule has 0 aliphatic carbocycles. The monoisotopic (exact) mass is 664 g/mol. The van der Waals surface area contributed by atoms with E-state index in [1.165, 1.54) is 69.2 Å². The highest BCUT2D eigenvalue weighted by molar-refractivity contribution is 5.85. The number of hydrogen-bond donors (Lipinski definition) is 1. The Morgan fingerprint density at radius 1 is 0.795 bits per heavy atom. The van der Waals surface area contributed by atoms with Crippen molar-refractivity contribution in [2.45, 2.75) is 96.1 Å². The van der Waals surface area contributed by atoms with Crippen molar-refractivity contribution in [3.05, 3.63) is 39.9 Å². The van der Waals surface area contributed by atoms with Gasteiger partial charge in [-0.2, -0.15) is 0 Å². The summed E-state index contributed by atoms with van der Waals surface area (Å²) in [6.07, 6.45) is 12.1. The highest BCUT2D eigenvalue weighted by Gasteiger charge is 2.30. The van der Waals surface area contributed by atoms with Crippen LogP contribution in [-0.4, -0.2) is 86.5 Å². The van der Waals surface area contributed by atoms with E-state index in [-0.39, 0.29) is 62.5 Å². The molecule has 1 aromatic carbocycles. The molecule has 0 aliphatic heterocycles. The maximum absolute atomic E-state index is 13.0. The Morgan fingerprint density at radius 3 is 1.75 bits per heavy atom. The van der Waals surface area contributed by atoms with Crippen molar-refractivity contribution in [1.82, 2.24) is 15.1 Å². The fourth-order valence-corrected chi connectivity index (χ4v) is 4.53. The fourth-order valence-electron chi connectivity index (χ4n) is 4.53. The van der Waals surface area contributed by atoms with E-state index in [2.05, 4.69) is 12.2 Å². The van der Waals surface area contributed by atoms with Gasteiger partial charge >= 0.3 is 11.9 Å². The van der Waals surface area contributed by atoms with Crippen LogP contribution in [0.5, 0.6) is 0 Å². The molecule has 0 fully saturated rings. The molecule has 44 heavy (non-hydrogen) atoms. The second-order valence-electron chi connectivity index (χ2n) is 11.4. The number of unbranched alkanes of at least 4 members (excludes halogenated alkanes) is 10. The fraction of sp³-hybridized carbons (Fsp3) is 0.710. The Bertz CT molecular complexity index is 949. The molecular formula is C31H54Cl2N4O7. The van der Waals surface area contributed by atoms with Gasteiger partial charge in [0, 0.05) is 18.6 Å². The molecule has 13 heteroatoms. The third-order valence-corrected chi connectivity index (χ3v) is 6.72. The minimum absolute atomic E-state index is 0. The van der Waals surface area contributed by atoms with Crippen molar-refractivity contribution in [3.63, 3.8) is 0 Å². The molecule has 0 heterocycles. The van der Waals surface area contributed by atoms with Crippen LogP contribution in [0, 0.1) is 10.1 Å². The number of hydrogen-bond acceptors (Lipinski definition) is 9. The predicted octanol–water partition coefficient (Wildman–Crippen LogP) is 5.88. The molecule has 2 atom stereocenters. The molecule has 0 spiro atoms. The summed E-state index contributed by atoms with van der Waals surface area (Å²) in [5, 5.41) is 14.1. The highest BCUT2D eigenvalue weighted by atomic mass is 35.5. The summed E-state index contributed by atoms with van der Waals surface area (Å²) in [5.74, 6) is -1.28. The van der Waals surface area contributed by atoms with Gasteiger partial charge in [0.2, 0.25) is 5.91 Å². The number of benzene rings is 1. The van der Waals surface area contributed by atoms with Gasteiger partial charge in [0.05, 0.1) is 18.0 Å². The summed E-state index contributed by atoms with van der Waals surface area (Å²) in [6, 6.07) is 4.70. The molecule has 0 radical (unpaired) electrons. The lowest BCUT2D eigenvalue weighted by Crippen LogP contribution is -2.45. The van der Waals surface area contributed by atoms with Crippen LogP contribution in [0.15, 0.2) is 24.3 Å². The quantitative estimate of drug-likeness (QED) is 0.0660. The second-order valence-corrected chi connectivity index (χ2v) is 11.4. The number of nitrogens with zero attached hydrogens (tertiary/aromatic N) is 3. The number of nitro groups is 1. The first-order valence-electron chi connectivity index (χ1n) is 15.2. The van der Waals surface area contributed by atoms with Crippen LogP contribution >= 0.6 is 24.8 Å². The van der Waals surface area contributed by atoms with Gasteiger partial charge in [0.1, 0.15) is 12.6 Å². The van der Waals surface area contributed by atoms with Crippen LogP contribution in [0.25, 0.3) is 0 Å². The molecule has 1 rings (SSSR count). The van der Waals surface area contributed by atoms with E-state index in [9.17, 15) is 24.5 Å². The van der Waals surface area contributed by atoms with Gasteiger partial charge in [-0.25, -0.2) is 0 Å². The summed E-state index contributed by atoms with van der Waals surface area (Å²) in [7, 11) is 6.91. The van der Waals surface area contributed by atoms with Gasteiger partial charge < -0.3 is 14.8 Å². The molecule has 1 N–H and O–H groups in total. The number of carbonyl (C=O) groups is 3. The van der Waals surface area contributed by atoms with Crippen molar-refractivity contribution in [2.75, 3.05) is 47.9 Å². The maximum Gasteiger partial charge on any atom is 0.320 e. The summed E-state index contributed by atoms with van der Waals surface area (Å²) >= 11 is 0. The second kappa shape index (κ2) is 25.8. The van der Waals surface area contributed by atoms with Crippen molar-refractivity contribution in [1.29, 1.82) is 0 Å². The van der Waals surface area contributed by atoms with Gasteiger partial charge in [-0.05, 0) is 52.3 Å². The molecule has 0 bridgehead atoms. The zero-order chi connectivity index (χ0) is 31.3. The molecule has 254 valence electrons. The molecule has 0 saturated carbocycles. The Morgan fingerprint density at radius 2 is 1.27 bits per heavy atom. The number of amides is 1. The average molecular weight is 666 g/mol. The van der Waals surface area contributed by atoms with E-state index >= 15 is 0 Å². The molecule has 0 saturated heterocycles. The molecule has 2 unspecified atom stereocenters. The highest BCUT2D eigenvalue weighted by Crippen LogP contribution is 2.25. The largest absolute Gasteiger partial charge is 0.462 e. The number of rotatable bonds is 23.